The summed E-state index contributed by atoms with van der Waals surface area (Å²) in [4.78, 5) is 38.3. The lowest BCUT2D eigenvalue weighted by molar-refractivity contribution is -0.167. The molecule has 450 valence electrons. The van der Waals surface area contributed by atoms with E-state index in [0.717, 1.165) is 135 Å². The van der Waals surface area contributed by atoms with Gasteiger partial charge in [-0.15, -0.1) is 0 Å². The number of esters is 3. The first-order valence-corrected chi connectivity index (χ1v) is 32.5. The van der Waals surface area contributed by atoms with Gasteiger partial charge in [-0.2, -0.15) is 0 Å². The van der Waals surface area contributed by atoms with Gasteiger partial charge < -0.3 is 14.2 Å². The minimum atomic E-state index is -0.821. The summed E-state index contributed by atoms with van der Waals surface area (Å²) in [6.45, 7) is 6.36. The molecular formula is C74H118O6. The molecule has 6 heteroatoms. The molecule has 0 aliphatic carbocycles. The minimum absolute atomic E-state index is 0.110. The lowest BCUT2D eigenvalue weighted by atomic mass is 10.0. The summed E-state index contributed by atoms with van der Waals surface area (Å²) >= 11 is 0. The summed E-state index contributed by atoms with van der Waals surface area (Å²) in [6.07, 6.45) is 96.7. The molecule has 0 saturated carbocycles. The Labute approximate surface area is 492 Å². The molecule has 0 aliphatic heterocycles. The molecule has 0 aliphatic rings. The molecule has 0 aromatic carbocycles. The topological polar surface area (TPSA) is 78.9 Å². The summed E-state index contributed by atoms with van der Waals surface area (Å²) in [7, 11) is 0. The van der Waals surface area contributed by atoms with Crippen molar-refractivity contribution < 1.29 is 28.6 Å². The van der Waals surface area contributed by atoms with E-state index >= 15 is 0 Å². The van der Waals surface area contributed by atoms with E-state index in [1.807, 2.05) is 0 Å². The maximum Gasteiger partial charge on any atom is 0.306 e. The van der Waals surface area contributed by atoms with Crippen molar-refractivity contribution in [1.82, 2.24) is 0 Å². The van der Waals surface area contributed by atoms with Crippen molar-refractivity contribution >= 4 is 17.9 Å². The van der Waals surface area contributed by atoms with Crippen LogP contribution in [-0.2, 0) is 28.6 Å². The van der Waals surface area contributed by atoms with Gasteiger partial charge in [0.15, 0.2) is 6.10 Å². The van der Waals surface area contributed by atoms with Crippen LogP contribution in [0.25, 0.3) is 0 Å². The Morgan fingerprint density at radius 1 is 0.263 bits per heavy atom. The second-order valence-corrected chi connectivity index (χ2v) is 20.9. The zero-order valence-corrected chi connectivity index (χ0v) is 51.5. The zero-order valence-electron chi connectivity index (χ0n) is 51.5. The third kappa shape index (κ3) is 63.9. The first-order chi connectivity index (χ1) is 39.5. The Hall–Kier alpha value is -4.97. The molecule has 0 spiro atoms. The van der Waals surface area contributed by atoms with Gasteiger partial charge in [0.05, 0.1) is 0 Å². The van der Waals surface area contributed by atoms with Crippen molar-refractivity contribution in [2.45, 2.75) is 277 Å². The molecule has 1 atom stereocenters. The molecule has 0 aromatic rings. The lowest BCUT2D eigenvalue weighted by Crippen LogP contribution is -2.30. The predicted octanol–water partition coefficient (Wildman–Crippen LogP) is 22.5. The van der Waals surface area contributed by atoms with Gasteiger partial charge in [-0.3, -0.25) is 14.4 Å². The van der Waals surface area contributed by atoms with Gasteiger partial charge in [-0.1, -0.05) is 281 Å². The average Bonchev–Trinajstić information content (AvgIpc) is 3.46. The first-order valence-electron chi connectivity index (χ1n) is 32.5. The van der Waals surface area contributed by atoms with Gasteiger partial charge in [0, 0.05) is 19.3 Å². The average molecular weight is 1100 g/mol. The van der Waals surface area contributed by atoms with Crippen molar-refractivity contribution in [2.75, 3.05) is 13.2 Å². The number of carbonyl (C=O) groups is 3. The van der Waals surface area contributed by atoms with Crippen LogP contribution in [0.2, 0.25) is 0 Å². The number of rotatable bonds is 57. The Morgan fingerprint density at radius 3 is 0.787 bits per heavy atom. The lowest BCUT2D eigenvalue weighted by Gasteiger charge is -2.18. The monoisotopic (exact) mass is 1100 g/mol. The van der Waals surface area contributed by atoms with Gasteiger partial charge in [-0.05, 0) is 128 Å². The number of unbranched alkanes of at least 4 members (excludes halogenated alkanes) is 20. The van der Waals surface area contributed by atoms with Gasteiger partial charge in [0.1, 0.15) is 13.2 Å². The van der Waals surface area contributed by atoms with Crippen LogP contribution in [-0.4, -0.2) is 37.2 Å². The van der Waals surface area contributed by atoms with Crippen LogP contribution in [0.5, 0.6) is 0 Å². The molecule has 0 heterocycles. The number of carbonyl (C=O) groups excluding carboxylic acids is 3. The Bertz CT molecular complexity index is 1790. The third-order valence-electron chi connectivity index (χ3n) is 13.3. The van der Waals surface area contributed by atoms with E-state index < -0.39 is 6.10 Å². The molecule has 0 saturated heterocycles. The summed E-state index contributed by atoms with van der Waals surface area (Å²) < 4.78 is 16.9. The van der Waals surface area contributed by atoms with Crippen LogP contribution in [0, 0.1) is 0 Å². The van der Waals surface area contributed by atoms with E-state index in [2.05, 4.69) is 179 Å². The van der Waals surface area contributed by atoms with E-state index in [-0.39, 0.29) is 44.0 Å². The molecule has 0 bridgehead atoms. The SMILES string of the molecule is CC/C=C\C/C=C\C/C=C\C/C=C\C/C=C\C/C=C\C/C=C\C/C=C\CCCCC(=O)OCC(COC(=O)CCCCCCCCCCCCCCCCCC)OC(=O)CCCCC/C=C\C/C=C\C/C=C\C/C=C\C/C=C\CC. The second-order valence-electron chi connectivity index (χ2n) is 20.9. The van der Waals surface area contributed by atoms with Crippen LogP contribution in [0.1, 0.15) is 271 Å². The first kappa shape index (κ1) is 75.0. The maximum atomic E-state index is 12.9. The van der Waals surface area contributed by atoms with Crippen molar-refractivity contribution in [3.8, 4) is 0 Å². The molecule has 0 rings (SSSR count). The molecule has 0 radical (unpaired) electrons. The summed E-state index contributed by atoms with van der Waals surface area (Å²) in [5, 5.41) is 0. The van der Waals surface area contributed by atoms with Crippen molar-refractivity contribution in [3.05, 3.63) is 158 Å². The highest BCUT2D eigenvalue weighted by atomic mass is 16.6. The summed E-state index contributed by atoms with van der Waals surface area (Å²) in [5.74, 6) is -0.988. The smallest absolute Gasteiger partial charge is 0.306 e. The van der Waals surface area contributed by atoms with Gasteiger partial charge in [-0.25, -0.2) is 0 Å². The number of ether oxygens (including phenoxy) is 3. The van der Waals surface area contributed by atoms with E-state index in [1.165, 1.54) is 83.5 Å². The fourth-order valence-electron chi connectivity index (χ4n) is 8.48. The largest absolute Gasteiger partial charge is 0.462 e. The van der Waals surface area contributed by atoms with E-state index in [4.69, 9.17) is 14.2 Å². The maximum absolute atomic E-state index is 12.9. The zero-order chi connectivity index (χ0) is 57.8. The van der Waals surface area contributed by atoms with Crippen LogP contribution >= 0.6 is 0 Å². The molecule has 0 fully saturated rings. The molecule has 80 heavy (non-hydrogen) atoms. The van der Waals surface area contributed by atoms with Gasteiger partial charge in [0.25, 0.3) is 0 Å². The predicted molar refractivity (Wildman–Crippen MR) is 348 cm³/mol. The van der Waals surface area contributed by atoms with Crippen molar-refractivity contribution in [2.24, 2.45) is 0 Å². The highest BCUT2D eigenvalue weighted by molar-refractivity contribution is 5.71. The van der Waals surface area contributed by atoms with Crippen molar-refractivity contribution in [3.63, 3.8) is 0 Å². The van der Waals surface area contributed by atoms with Crippen LogP contribution in [0.4, 0.5) is 0 Å². The highest BCUT2D eigenvalue weighted by Gasteiger charge is 2.19. The normalized spacial score (nSPS) is 13.2. The summed E-state index contributed by atoms with van der Waals surface area (Å²) in [6, 6.07) is 0. The number of hydrogen-bond donors (Lipinski definition) is 0. The third-order valence-corrected chi connectivity index (χ3v) is 13.3. The fourth-order valence-corrected chi connectivity index (χ4v) is 8.48. The second kappa shape index (κ2) is 66.5. The van der Waals surface area contributed by atoms with E-state index in [1.54, 1.807) is 0 Å². The molecule has 0 amide bonds. The van der Waals surface area contributed by atoms with E-state index in [9.17, 15) is 14.4 Å². The fraction of sp³-hybridized carbons (Fsp3) is 0.608. The van der Waals surface area contributed by atoms with Crippen LogP contribution in [0.15, 0.2) is 158 Å². The Balaban J connectivity index is 4.53. The highest BCUT2D eigenvalue weighted by Crippen LogP contribution is 2.15. The summed E-state index contributed by atoms with van der Waals surface area (Å²) in [5.41, 5.74) is 0. The molecular weight excluding hydrogens is 985 g/mol. The Morgan fingerprint density at radius 2 is 0.487 bits per heavy atom. The number of allylic oxidation sites excluding steroid dienone is 26. The molecule has 6 nitrogen and oxygen atoms in total. The van der Waals surface area contributed by atoms with Crippen molar-refractivity contribution in [1.29, 1.82) is 0 Å². The van der Waals surface area contributed by atoms with Gasteiger partial charge in [0.2, 0.25) is 0 Å². The molecule has 1 unspecified atom stereocenters. The van der Waals surface area contributed by atoms with Crippen LogP contribution < -0.4 is 0 Å². The quantitative estimate of drug-likeness (QED) is 0.0261. The Kier molecular flexibility index (Phi) is 62.4. The molecule has 0 N–H and O–H groups in total. The van der Waals surface area contributed by atoms with Gasteiger partial charge >= 0.3 is 17.9 Å². The minimum Gasteiger partial charge on any atom is -0.462 e. The van der Waals surface area contributed by atoms with E-state index in [0.29, 0.717) is 19.3 Å². The van der Waals surface area contributed by atoms with Crippen LogP contribution in [0.3, 0.4) is 0 Å². The molecule has 0 aromatic heterocycles. The number of hydrogen-bond acceptors (Lipinski definition) is 6. The standard InChI is InChI=1S/C74H118O6/c1-4-7-10-13-16-19-22-25-28-31-33-34-35-36-37-38-39-40-42-43-46-49-52-55-58-61-64-67-73(76)79-70-71(69-78-72(75)66-63-60-57-54-51-48-45-30-27-24-21-18-15-12-9-6-3)80-74(77)68-65-62-59-56-53-50-47-44-41-32-29-26-23-20-17-14-11-8-5-2/h7-8,10-11,16-17,19-20,25-26,28-29,33-34,36-37,39-41,43-44,46,50,52-53,55,71H,4-6,9,12-15,18,21-24,27,30-32,35,38,42,45,47-49,51,54,56-70H2,1-3H3/b10-7-,11-8-,19-16-,20-17-,28-25-,29-26-,34-33-,37-36-,40-39-,44-41-,46-43-,53-50-,55-52-.